The molecule has 4 fully saturated rings. The van der Waals surface area contributed by atoms with Gasteiger partial charge in [-0.3, -0.25) is 20.4 Å². The number of amides is 4. The van der Waals surface area contributed by atoms with Gasteiger partial charge in [0.25, 0.3) is 5.91 Å². The summed E-state index contributed by atoms with van der Waals surface area (Å²) in [7, 11) is 0. The van der Waals surface area contributed by atoms with Crippen molar-refractivity contribution < 1.29 is 14.4 Å². The van der Waals surface area contributed by atoms with Gasteiger partial charge in [-0.15, -0.1) is 0 Å². The van der Waals surface area contributed by atoms with Gasteiger partial charge in [-0.2, -0.15) is 0 Å². The van der Waals surface area contributed by atoms with E-state index in [9.17, 15) is 14.4 Å². The third-order valence-electron chi connectivity index (χ3n) is 6.82. The smallest absolute Gasteiger partial charge is 0.315 e. The van der Waals surface area contributed by atoms with Gasteiger partial charge in [0.1, 0.15) is 6.54 Å². The van der Waals surface area contributed by atoms with Crippen molar-refractivity contribution in [2.75, 3.05) is 6.54 Å². The second kappa shape index (κ2) is 8.05. The van der Waals surface area contributed by atoms with Crippen LogP contribution in [-0.4, -0.2) is 24.4 Å². The van der Waals surface area contributed by atoms with Crippen LogP contribution in [0.2, 0.25) is 0 Å². The Morgan fingerprint density at radius 2 is 1.48 bits per heavy atom. The second-order valence-electron chi connectivity index (χ2n) is 9.22. The molecule has 4 N–H and O–H groups in total. The lowest BCUT2D eigenvalue weighted by atomic mass is 9.49. The van der Waals surface area contributed by atoms with E-state index in [2.05, 4.69) is 21.5 Å². The SMILES string of the molecule is Cc1ccc(CNC(=O)NCC(=O)NNC(=O)C23CC4CC(CC(C4)C2)C3)cc1. The maximum absolute atomic E-state index is 12.8. The predicted molar refractivity (Wildman–Crippen MR) is 108 cm³/mol. The summed E-state index contributed by atoms with van der Waals surface area (Å²) >= 11 is 0. The second-order valence-corrected chi connectivity index (χ2v) is 9.22. The summed E-state index contributed by atoms with van der Waals surface area (Å²) in [6.45, 7) is 2.20. The Morgan fingerprint density at radius 3 is 2.07 bits per heavy atom. The molecule has 0 atom stereocenters. The van der Waals surface area contributed by atoms with Crippen LogP contribution < -0.4 is 21.5 Å². The summed E-state index contributed by atoms with van der Waals surface area (Å²) in [6, 6.07) is 7.43. The Balaban J connectivity index is 1.17. The molecule has 0 spiro atoms. The van der Waals surface area contributed by atoms with Gasteiger partial charge >= 0.3 is 6.03 Å². The molecule has 0 radical (unpaired) electrons. The molecule has 0 aliphatic heterocycles. The minimum atomic E-state index is -0.437. The number of hydrogen-bond acceptors (Lipinski definition) is 3. The number of benzene rings is 1. The van der Waals surface area contributed by atoms with Gasteiger partial charge < -0.3 is 10.6 Å². The molecule has 4 aliphatic carbocycles. The highest BCUT2D eigenvalue weighted by atomic mass is 16.2. The van der Waals surface area contributed by atoms with Crippen LogP contribution >= 0.6 is 0 Å². The Bertz CT molecular complexity index is 754. The molecule has 1 aromatic carbocycles. The molecule has 156 valence electrons. The highest BCUT2D eigenvalue weighted by Gasteiger charge is 2.54. The number of hydrogen-bond donors (Lipinski definition) is 4. The summed E-state index contributed by atoms with van der Waals surface area (Å²) in [5.74, 6) is 1.51. The van der Waals surface area contributed by atoms with Gasteiger partial charge in [-0.25, -0.2) is 4.79 Å². The van der Waals surface area contributed by atoms with E-state index in [1.165, 1.54) is 19.3 Å². The largest absolute Gasteiger partial charge is 0.334 e. The van der Waals surface area contributed by atoms with Crippen LogP contribution in [0.5, 0.6) is 0 Å². The average molecular weight is 399 g/mol. The fourth-order valence-electron chi connectivity index (χ4n) is 5.80. The van der Waals surface area contributed by atoms with Crippen LogP contribution in [0, 0.1) is 30.1 Å². The molecular weight excluding hydrogens is 368 g/mol. The van der Waals surface area contributed by atoms with E-state index >= 15 is 0 Å². The van der Waals surface area contributed by atoms with Crippen molar-refractivity contribution in [1.82, 2.24) is 21.5 Å². The maximum atomic E-state index is 12.8. The summed E-state index contributed by atoms with van der Waals surface area (Å²) in [6.07, 6.45) is 6.63. The quantitative estimate of drug-likeness (QED) is 0.572. The van der Waals surface area contributed by atoms with Crippen molar-refractivity contribution in [3.8, 4) is 0 Å². The number of urea groups is 1. The van der Waals surface area contributed by atoms with Crippen molar-refractivity contribution in [3.05, 3.63) is 35.4 Å². The fourth-order valence-corrected chi connectivity index (χ4v) is 5.80. The molecule has 29 heavy (non-hydrogen) atoms. The number of hydrazine groups is 1. The van der Waals surface area contributed by atoms with Crippen LogP contribution in [0.15, 0.2) is 24.3 Å². The molecule has 0 saturated heterocycles. The molecule has 0 heterocycles. The monoisotopic (exact) mass is 398 g/mol. The van der Waals surface area contributed by atoms with E-state index in [1.54, 1.807) is 0 Å². The highest BCUT2D eigenvalue weighted by molar-refractivity contribution is 5.88. The van der Waals surface area contributed by atoms with Crippen molar-refractivity contribution in [1.29, 1.82) is 0 Å². The Labute approximate surface area is 171 Å². The summed E-state index contributed by atoms with van der Waals surface area (Å²) < 4.78 is 0. The van der Waals surface area contributed by atoms with E-state index in [4.69, 9.17) is 0 Å². The Hall–Kier alpha value is -2.57. The van der Waals surface area contributed by atoms with Gasteiger partial charge in [-0.1, -0.05) is 29.8 Å². The van der Waals surface area contributed by atoms with Gasteiger partial charge in [0.05, 0.1) is 5.41 Å². The average Bonchev–Trinajstić information content (AvgIpc) is 2.69. The molecular formula is C22H30N4O3. The van der Waals surface area contributed by atoms with Gasteiger partial charge in [0, 0.05) is 6.54 Å². The van der Waals surface area contributed by atoms with E-state index in [1.807, 2.05) is 31.2 Å². The van der Waals surface area contributed by atoms with Crippen molar-refractivity contribution in [2.24, 2.45) is 23.2 Å². The van der Waals surface area contributed by atoms with E-state index in [0.29, 0.717) is 24.3 Å². The minimum Gasteiger partial charge on any atom is -0.334 e. The summed E-state index contributed by atoms with van der Waals surface area (Å²) in [5.41, 5.74) is 6.92. The first-order valence-corrected chi connectivity index (χ1v) is 10.6. The fraction of sp³-hybridized carbons (Fsp3) is 0.591. The molecule has 4 aliphatic rings. The number of nitrogens with one attached hydrogen (secondary N) is 4. The molecule has 1 aromatic rings. The number of carbonyl (C=O) groups excluding carboxylic acids is 3. The lowest BCUT2D eigenvalue weighted by Gasteiger charge is -2.55. The standard InChI is InChI=1S/C22H30N4O3/c1-14-2-4-15(5-3-14)12-23-21(29)24-13-19(27)25-26-20(28)22-9-16-6-17(10-22)8-18(7-16)11-22/h2-5,16-18H,6-13H2,1H3,(H,25,27)(H,26,28)(H2,23,24,29). The molecule has 5 rings (SSSR count). The molecule has 4 amide bonds. The molecule has 0 unspecified atom stereocenters. The van der Waals surface area contributed by atoms with Crippen LogP contribution in [0.25, 0.3) is 0 Å². The zero-order chi connectivity index (χ0) is 20.4. The van der Waals surface area contributed by atoms with Crippen LogP contribution in [0.4, 0.5) is 4.79 Å². The van der Waals surface area contributed by atoms with Crippen LogP contribution in [0.3, 0.4) is 0 Å². The third kappa shape index (κ3) is 4.54. The lowest BCUT2D eigenvalue weighted by Crippen LogP contribution is -2.57. The summed E-state index contributed by atoms with van der Waals surface area (Å²) in [5, 5.41) is 5.22. The topological polar surface area (TPSA) is 99.3 Å². The number of aryl methyl sites for hydroxylation is 1. The molecule has 4 saturated carbocycles. The molecule has 0 aromatic heterocycles. The zero-order valence-electron chi connectivity index (χ0n) is 16.9. The Morgan fingerprint density at radius 1 is 0.897 bits per heavy atom. The first-order valence-electron chi connectivity index (χ1n) is 10.6. The predicted octanol–water partition coefficient (Wildman–Crippen LogP) is 2.16. The maximum Gasteiger partial charge on any atom is 0.315 e. The number of carbonyl (C=O) groups is 3. The van der Waals surface area contributed by atoms with Gasteiger partial charge in [-0.05, 0) is 68.8 Å². The van der Waals surface area contributed by atoms with Crippen molar-refractivity contribution >= 4 is 17.8 Å². The van der Waals surface area contributed by atoms with Crippen molar-refractivity contribution in [3.63, 3.8) is 0 Å². The van der Waals surface area contributed by atoms with E-state index in [0.717, 1.165) is 30.4 Å². The number of rotatable bonds is 5. The molecule has 7 nitrogen and oxygen atoms in total. The first kappa shape index (κ1) is 19.7. The van der Waals surface area contributed by atoms with Crippen LogP contribution in [0.1, 0.15) is 49.7 Å². The zero-order valence-corrected chi connectivity index (χ0v) is 16.9. The molecule has 4 bridgehead atoms. The van der Waals surface area contributed by atoms with Gasteiger partial charge in [0.15, 0.2) is 0 Å². The lowest BCUT2D eigenvalue weighted by molar-refractivity contribution is -0.148. The minimum absolute atomic E-state index is 0.0613. The normalized spacial score (nSPS) is 29.2. The first-order chi connectivity index (χ1) is 13.9. The van der Waals surface area contributed by atoms with E-state index in [-0.39, 0.29) is 17.9 Å². The van der Waals surface area contributed by atoms with E-state index < -0.39 is 11.9 Å². The molecule has 7 heteroatoms. The highest BCUT2D eigenvalue weighted by Crippen LogP contribution is 2.59. The summed E-state index contributed by atoms with van der Waals surface area (Å²) in [4.78, 5) is 36.7. The van der Waals surface area contributed by atoms with Crippen molar-refractivity contribution in [2.45, 2.75) is 52.0 Å². The Kier molecular flexibility index (Phi) is 5.48. The van der Waals surface area contributed by atoms with Gasteiger partial charge in [0.2, 0.25) is 5.91 Å². The third-order valence-corrected chi connectivity index (χ3v) is 6.82. The van der Waals surface area contributed by atoms with Crippen LogP contribution in [-0.2, 0) is 16.1 Å².